The van der Waals surface area contributed by atoms with E-state index in [4.69, 9.17) is 0 Å². The molecule has 0 amide bonds. The van der Waals surface area contributed by atoms with Crippen LogP contribution in [0.15, 0.2) is 10.8 Å². The van der Waals surface area contributed by atoms with Gasteiger partial charge < -0.3 is 0 Å². The molecule has 1 aromatic rings. The zero-order chi connectivity index (χ0) is 7.56. The largest absolute Gasteiger partial charge is 0.254 e. The van der Waals surface area contributed by atoms with E-state index in [-0.39, 0.29) is 0 Å². The van der Waals surface area contributed by atoms with Crippen molar-refractivity contribution in [2.75, 3.05) is 0 Å². The minimum absolute atomic E-state index is 0.862. The molecule has 0 unspecified atom stereocenters. The molecule has 0 fully saturated rings. The van der Waals surface area contributed by atoms with Crippen LogP contribution in [0.25, 0.3) is 0 Å². The highest BCUT2D eigenvalue weighted by molar-refractivity contribution is 9.10. The molecule has 0 spiro atoms. The number of aromatic nitrogens is 2. The number of nitrogens with zero attached hydrogens (tertiary/aromatic N) is 2. The average molecular weight is 201 g/mol. The second kappa shape index (κ2) is 3.10. The molecule has 1 rings (SSSR count). The van der Waals surface area contributed by atoms with Crippen molar-refractivity contribution in [3.63, 3.8) is 0 Å². The Morgan fingerprint density at radius 2 is 2.30 bits per heavy atom. The van der Waals surface area contributed by atoms with Gasteiger partial charge in [0.25, 0.3) is 0 Å². The molecular weight excluding hydrogens is 192 g/mol. The lowest BCUT2D eigenvalue weighted by Crippen LogP contribution is -1.93. The zero-order valence-corrected chi connectivity index (χ0v) is 7.64. The highest BCUT2D eigenvalue weighted by Gasteiger charge is 1.98. The van der Waals surface area contributed by atoms with Gasteiger partial charge in [-0.25, -0.2) is 4.98 Å². The van der Waals surface area contributed by atoms with Crippen LogP contribution in [-0.4, -0.2) is 9.97 Å². The number of aryl methyl sites for hydroxylation is 2. The van der Waals surface area contributed by atoms with Crippen molar-refractivity contribution >= 4 is 15.9 Å². The summed E-state index contributed by atoms with van der Waals surface area (Å²) in [6, 6.07) is 0. The normalized spacial score (nSPS) is 9.90. The Balaban J connectivity index is 3.09. The van der Waals surface area contributed by atoms with Crippen molar-refractivity contribution in [2.24, 2.45) is 0 Å². The van der Waals surface area contributed by atoms with Crippen LogP contribution in [0.3, 0.4) is 0 Å². The minimum Gasteiger partial charge on any atom is -0.254 e. The van der Waals surface area contributed by atoms with Gasteiger partial charge in [-0.15, -0.1) is 0 Å². The number of halogens is 1. The first kappa shape index (κ1) is 7.66. The van der Waals surface area contributed by atoms with Gasteiger partial charge in [0, 0.05) is 6.20 Å². The van der Waals surface area contributed by atoms with Crippen LogP contribution in [0.5, 0.6) is 0 Å². The minimum atomic E-state index is 0.862. The molecule has 54 valence electrons. The van der Waals surface area contributed by atoms with Crippen molar-refractivity contribution in [2.45, 2.75) is 20.3 Å². The molecule has 0 saturated heterocycles. The topological polar surface area (TPSA) is 25.8 Å². The van der Waals surface area contributed by atoms with Gasteiger partial charge >= 0.3 is 0 Å². The van der Waals surface area contributed by atoms with Gasteiger partial charge in [0.2, 0.25) is 0 Å². The van der Waals surface area contributed by atoms with Crippen LogP contribution in [0.4, 0.5) is 0 Å². The molecule has 0 aromatic carbocycles. The molecule has 1 heterocycles. The van der Waals surface area contributed by atoms with Crippen molar-refractivity contribution < 1.29 is 0 Å². The van der Waals surface area contributed by atoms with E-state index in [0.29, 0.717) is 0 Å². The van der Waals surface area contributed by atoms with E-state index in [9.17, 15) is 0 Å². The van der Waals surface area contributed by atoms with Gasteiger partial charge in [-0.05, 0) is 29.3 Å². The molecule has 0 atom stereocenters. The monoisotopic (exact) mass is 200 g/mol. The fourth-order valence-electron chi connectivity index (χ4n) is 0.737. The number of rotatable bonds is 1. The van der Waals surface area contributed by atoms with Crippen molar-refractivity contribution in [3.05, 3.63) is 22.2 Å². The van der Waals surface area contributed by atoms with Crippen LogP contribution >= 0.6 is 15.9 Å². The van der Waals surface area contributed by atoms with Gasteiger partial charge in [-0.3, -0.25) is 4.98 Å². The predicted octanol–water partition coefficient (Wildman–Crippen LogP) is 2.11. The quantitative estimate of drug-likeness (QED) is 0.695. The molecule has 0 N–H and O–H groups in total. The Kier molecular flexibility index (Phi) is 2.38. The Labute approximate surface area is 68.8 Å². The lowest BCUT2D eigenvalue weighted by atomic mass is 10.3. The summed E-state index contributed by atoms with van der Waals surface area (Å²) in [5.41, 5.74) is 2.00. The summed E-state index contributed by atoms with van der Waals surface area (Å²) in [6.07, 6.45) is 2.68. The van der Waals surface area contributed by atoms with Crippen LogP contribution in [0.2, 0.25) is 0 Å². The Morgan fingerprint density at radius 3 is 2.80 bits per heavy atom. The third-order valence-electron chi connectivity index (χ3n) is 1.25. The Bertz CT molecular complexity index is 235. The third-order valence-corrected chi connectivity index (χ3v) is 1.91. The fraction of sp³-hybridized carbons (Fsp3) is 0.429. The SMILES string of the molecule is CCc1nc(C)cnc1Br. The molecule has 3 heteroatoms. The van der Waals surface area contributed by atoms with Crippen LogP contribution in [-0.2, 0) is 6.42 Å². The molecule has 0 aliphatic carbocycles. The molecule has 10 heavy (non-hydrogen) atoms. The highest BCUT2D eigenvalue weighted by Crippen LogP contribution is 2.10. The molecule has 2 nitrogen and oxygen atoms in total. The lowest BCUT2D eigenvalue weighted by molar-refractivity contribution is 0.948. The van der Waals surface area contributed by atoms with Crippen LogP contribution in [0, 0.1) is 6.92 Å². The maximum absolute atomic E-state index is 4.28. The van der Waals surface area contributed by atoms with Gasteiger partial charge in [-0.1, -0.05) is 6.92 Å². The van der Waals surface area contributed by atoms with Crippen LogP contribution < -0.4 is 0 Å². The average Bonchev–Trinajstić information content (AvgIpc) is 1.94. The number of hydrogen-bond acceptors (Lipinski definition) is 2. The van der Waals surface area contributed by atoms with Gasteiger partial charge in [-0.2, -0.15) is 0 Å². The van der Waals surface area contributed by atoms with Gasteiger partial charge in [0.1, 0.15) is 4.60 Å². The van der Waals surface area contributed by atoms with Crippen LogP contribution in [0.1, 0.15) is 18.3 Å². The predicted molar refractivity (Wildman–Crippen MR) is 43.8 cm³/mol. The molecule has 0 radical (unpaired) electrons. The second-order valence-electron chi connectivity index (χ2n) is 2.10. The lowest BCUT2D eigenvalue weighted by Gasteiger charge is -1.98. The summed E-state index contributed by atoms with van der Waals surface area (Å²) >= 11 is 3.32. The van der Waals surface area contributed by atoms with E-state index in [2.05, 4.69) is 32.8 Å². The standard InChI is InChI=1S/C7H9BrN2/c1-3-6-7(8)9-4-5(2)10-6/h4H,3H2,1-2H3. The van der Waals surface area contributed by atoms with Gasteiger partial charge in [0.05, 0.1) is 11.4 Å². The second-order valence-corrected chi connectivity index (χ2v) is 2.85. The summed E-state index contributed by atoms with van der Waals surface area (Å²) in [6.45, 7) is 4.01. The fourth-order valence-corrected chi connectivity index (χ4v) is 1.21. The maximum Gasteiger partial charge on any atom is 0.127 e. The van der Waals surface area contributed by atoms with E-state index in [1.807, 2.05) is 6.92 Å². The summed E-state index contributed by atoms with van der Waals surface area (Å²) < 4.78 is 0.862. The molecular formula is C7H9BrN2. The summed E-state index contributed by atoms with van der Waals surface area (Å²) in [5.74, 6) is 0. The third kappa shape index (κ3) is 1.53. The first-order valence-corrected chi connectivity index (χ1v) is 4.01. The molecule has 0 saturated carbocycles. The van der Waals surface area contributed by atoms with Crippen molar-refractivity contribution in [3.8, 4) is 0 Å². The summed E-state index contributed by atoms with van der Waals surface area (Å²) in [5, 5.41) is 0. The molecule has 0 aliphatic rings. The van der Waals surface area contributed by atoms with E-state index in [1.54, 1.807) is 6.20 Å². The van der Waals surface area contributed by atoms with E-state index >= 15 is 0 Å². The van der Waals surface area contributed by atoms with E-state index in [0.717, 1.165) is 22.4 Å². The maximum atomic E-state index is 4.28. The van der Waals surface area contributed by atoms with E-state index in [1.165, 1.54) is 0 Å². The van der Waals surface area contributed by atoms with Crippen molar-refractivity contribution in [1.82, 2.24) is 9.97 Å². The molecule has 1 aromatic heterocycles. The molecule has 0 aliphatic heterocycles. The summed E-state index contributed by atoms with van der Waals surface area (Å²) in [4.78, 5) is 8.39. The van der Waals surface area contributed by atoms with Gasteiger partial charge in [0.15, 0.2) is 0 Å². The first-order valence-electron chi connectivity index (χ1n) is 3.22. The number of hydrogen-bond donors (Lipinski definition) is 0. The van der Waals surface area contributed by atoms with Crippen molar-refractivity contribution in [1.29, 1.82) is 0 Å². The summed E-state index contributed by atoms with van der Waals surface area (Å²) in [7, 11) is 0. The first-order chi connectivity index (χ1) is 4.74. The van der Waals surface area contributed by atoms with E-state index < -0.39 is 0 Å². The zero-order valence-electron chi connectivity index (χ0n) is 6.06. The Morgan fingerprint density at radius 1 is 1.60 bits per heavy atom. The smallest absolute Gasteiger partial charge is 0.127 e. The molecule has 0 bridgehead atoms. The highest BCUT2D eigenvalue weighted by atomic mass is 79.9. The Hall–Kier alpha value is -0.440.